The van der Waals surface area contributed by atoms with Crippen molar-refractivity contribution >= 4 is 23.5 Å². The number of rotatable bonds is 8. The zero-order valence-electron chi connectivity index (χ0n) is 18.2. The zero-order valence-corrected chi connectivity index (χ0v) is 19.1. The summed E-state index contributed by atoms with van der Waals surface area (Å²) in [5.41, 5.74) is 3.70. The Morgan fingerprint density at radius 1 is 1.27 bits per heavy atom. The lowest BCUT2D eigenvalue weighted by Gasteiger charge is -2.35. The molecular weight excluding hydrogens is 398 g/mol. The Labute approximate surface area is 183 Å². The summed E-state index contributed by atoms with van der Waals surface area (Å²) in [5, 5.41) is 3.33. The summed E-state index contributed by atoms with van der Waals surface area (Å²) in [7, 11) is 0. The zero-order chi connectivity index (χ0) is 21.7. The first-order valence-corrected chi connectivity index (χ1v) is 11.8. The Hall–Kier alpha value is -2.21. The largest absolute Gasteiger partial charge is 0.491 e. The number of nitrogens with one attached hydrogen (secondary N) is 1. The van der Waals surface area contributed by atoms with Gasteiger partial charge in [-0.25, -0.2) is 4.79 Å². The number of hydrogen-bond acceptors (Lipinski definition) is 6. The van der Waals surface area contributed by atoms with Crippen molar-refractivity contribution in [3.63, 3.8) is 0 Å². The third-order valence-electron chi connectivity index (χ3n) is 5.25. The smallest absolute Gasteiger partial charge is 0.336 e. The molecule has 0 spiro atoms. The van der Waals surface area contributed by atoms with Crippen LogP contribution in [0.1, 0.15) is 58.4 Å². The monoisotopic (exact) mass is 429 g/mol. The van der Waals surface area contributed by atoms with E-state index in [2.05, 4.69) is 12.2 Å². The Morgan fingerprint density at radius 3 is 2.77 bits per heavy atom. The summed E-state index contributed by atoms with van der Waals surface area (Å²) in [5.74, 6) is 1.68. The van der Waals surface area contributed by atoms with Crippen molar-refractivity contribution in [1.29, 1.82) is 0 Å². The third-order valence-corrected chi connectivity index (χ3v) is 6.12. The molecule has 162 valence electrons. The number of dihydropyridines is 1. The molecule has 0 amide bonds. The van der Waals surface area contributed by atoms with Crippen LogP contribution in [-0.2, 0) is 14.3 Å². The highest BCUT2D eigenvalue weighted by Crippen LogP contribution is 2.45. The lowest BCUT2D eigenvalue weighted by Crippen LogP contribution is -2.34. The van der Waals surface area contributed by atoms with Crippen LogP contribution in [0.3, 0.4) is 0 Å². The quantitative estimate of drug-likeness (QED) is 0.476. The van der Waals surface area contributed by atoms with Gasteiger partial charge in [0.05, 0.1) is 17.6 Å². The highest BCUT2D eigenvalue weighted by molar-refractivity contribution is 7.99. The minimum atomic E-state index is -0.477. The number of para-hydroxylation sites is 1. The molecule has 0 unspecified atom stereocenters. The Balaban J connectivity index is 2.05. The molecule has 0 saturated carbocycles. The van der Waals surface area contributed by atoms with Gasteiger partial charge in [-0.05, 0) is 45.4 Å². The van der Waals surface area contributed by atoms with Crippen LogP contribution in [0, 0.1) is 0 Å². The highest BCUT2D eigenvalue weighted by atomic mass is 32.2. The molecule has 1 heterocycles. The van der Waals surface area contributed by atoms with E-state index in [1.807, 2.05) is 45.0 Å². The molecule has 5 nitrogen and oxygen atoms in total. The van der Waals surface area contributed by atoms with E-state index in [4.69, 9.17) is 9.47 Å². The van der Waals surface area contributed by atoms with Crippen molar-refractivity contribution < 1.29 is 19.1 Å². The van der Waals surface area contributed by atoms with E-state index < -0.39 is 5.92 Å². The van der Waals surface area contributed by atoms with Gasteiger partial charge in [0.25, 0.3) is 0 Å². The van der Waals surface area contributed by atoms with Crippen LogP contribution in [-0.4, -0.2) is 36.0 Å². The summed E-state index contributed by atoms with van der Waals surface area (Å²) in [6, 6.07) is 7.69. The molecule has 1 N–H and O–H groups in total. The van der Waals surface area contributed by atoms with E-state index in [0.29, 0.717) is 29.9 Å². The molecule has 1 atom stereocenters. The maximum Gasteiger partial charge on any atom is 0.336 e. The molecule has 6 heteroatoms. The first-order valence-electron chi connectivity index (χ1n) is 10.7. The summed E-state index contributed by atoms with van der Waals surface area (Å²) in [4.78, 5) is 26.2. The van der Waals surface area contributed by atoms with Crippen molar-refractivity contribution in [2.75, 3.05) is 18.1 Å². The summed E-state index contributed by atoms with van der Waals surface area (Å²) in [6.07, 6.45) is 2.11. The topological polar surface area (TPSA) is 64.6 Å². The number of thioether (sulfide) groups is 1. The van der Waals surface area contributed by atoms with E-state index in [9.17, 15) is 9.59 Å². The molecule has 1 aromatic rings. The fraction of sp³-hybridized carbons (Fsp3) is 0.500. The van der Waals surface area contributed by atoms with Crippen molar-refractivity contribution in [2.45, 2.75) is 59.0 Å². The van der Waals surface area contributed by atoms with Gasteiger partial charge in [0.15, 0.2) is 5.78 Å². The number of benzene rings is 1. The maximum atomic E-state index is 13.2. The SMILES string of the molecule is CCSCCOC(=O)C1=C(C)NC2=C(C(=O)CCC2)[C@H]1c1ccccc1OC(C)C. The predicted octanol–water partition coefficient (Wildman–Crippen LogP) is 4.74. The van der Waals surface area contributed by atoms with Crippen molar-refractivity contribution in [3.8, 4) is 5.75 Å². The van der Waals surface area contributed by atoms with Crippen LogP contribution in [0.15, 0.2) is 46.8 Å². The van der Waals surface area contributed by atoms with Gasteiger partial charge in [-0.3, -0.25) is 4.79 Å². The van der Waals surface area contributed by atoms with Crippen molar-refractivity contribution in [1.82, 2.24) is 5.32 Å². The summed E-state index contributed by atoms with van der Waals surface area (Å²) < 4.78 is 11.7. The van der Waals surface area contributed by atoms with E-state index in [1.54, 1.807) is 11.8 Å². The van der Waals surface area contributed by atoms with Crippen LogP contribution < -0.4 is 10.1 Å². The maximum absolute atomic E-state index is 13.2. The van der Waals surface area contributed by atoms with Gasteiger partial charge in [0.2, 0.25) is 0 Å². The fourth-order valence-electron chi connectivity index (χ4n) is 4.06. The predicted molar refractivity (Wildman–Crippen MR) is 121 cm³/mol. The number of hydrogen-bond donors (Lipinski definition) is 1. The third kappa shape index (κ3) is 4.91. The van der Waals surface area contributed by atoms with E-state index in [-0.39, 0.29) is 17.9 Å². The van der Waals surface area contributed by atoms with Crippen LogP contribution in [0.2, 0.25) is 0 Å². The van der Waals surface area contributed by atoms with Crippen LogP contribution in [0.4, 0.5) is 0 Å². The molecule has 0 radical (unpaired) electrons. The number of esters is 1. The normalized spacial score (nSPS) is 19.0. The average molecular weight is 430 g/mol. The van der Waals surface area contributed by atoms with Crippen molar-refractivity contribution in [3.05, 3.63) is 52.4 Å². The van der Waals surface area contributed by atoms with Crippen molar-refractivity contribution in [2.24, 2.45) is 0 Å². The van der Waals surface area contributed by atoms with Crippen LogP contribution in [0.5, 0.6) is 5.75 Å². The van der Waals surface area contributed by atoms with Crippen LogP contribution in [0.25, 0.3) is 0 Å². The van der Waals surface area contributed by atoms with E-state index >= 15 is 0 Å². The highest BCUT2D eigenvalue weighted by Gasteiger charge is 2.40. The fourth-order valence-corrected chi connectivity index (χ4v) is 4.55. The summed E-state index contributed by atoms with van der Waals surface area (Å²) in [6.45, 7) is 8.26. The molecular formula is C24H31NO4S. The molecule has 3 rings (SSSR count). The molecule has 2 aliphatic rings. The second-order valence-electron chi connectivity index (χ2n) is 7.80. The number of carbonyl (C=O) groups excluding carboxylic acids is 2. The van der Waals surface area contributed by atoms with E-state index in [0.717, 1.165) is 41.3 Å². The van der Waals surface area contributed by atoms with E-state index in [1.165, 1.54) is 0 Å². The molecule has 1 aliphatic carbocycles. The molecule has 0 aromatic heterocycles. The Morgan fingerprint density at radius 2 is 2.03 bits per heavy atom. The first kappa shape index (κ1) is 22.5. The first-order chi connectivity index (χ1) is 14.4. The number of carbonyl (C=O) groups is 2. The van der Waals surface area contributed by atoms with Gasteiger partial charge in [0.1, 0.15) is 12.4 Å². The standard InChI is InChI=1S/C24H31NO4S/c1-5-30-14-13-28-24(27)21-16(4)25-18-10-8-11-19(26)23(18)22(21)17-9-6-7-12-20(17)29-15(2)3/h6-7,9,12,15,22,25H,5,8,10-11,13-14H2,1-4H3/t22-/m0/s1. The van der Waals surface area contributed by atoms with Gasteiger partial charge in [-0.15, -0.1) is 0 Å². The number of ketones is 1. The average Bonchev–Trinajstić information content (AvgIpc) is 2.70. The molecule has 0 saturated heterocycles. The lowest BCUT2D eigenvalue weighted by atomic mass is 9.75. The minimum absolute atomic E-state index is 0.0186. The molecule has 0 fully saturated rings. The Kier molecular flexibility index (Phi) is 7.64. The van der Waals surface area contributed by atoms with Gasteiger partial charge in [0, 0.05) is 34.7 Å². The van der Waals surface area contributed by atoms with Gasteiger partial charge < -0.3 is 14.8 Å². The molecule has 0 bridgehead atoms. The van der Waals surface area contributed by atoms with Gasteiger partial charge in [-0.1, -0.05) is 25.1 Å². The van der Waals surface area contributed by atoms with Gasteiger partial charge >= 0.3 is 5.97 Å². The minimum Gasteiger partial charge on any atom is -0.491 e. The van der Waals surface area contributed by atoms with Crippen LogP contribution >= 0.6 is 11.8 Å². The molecule has 1 aliphatic heterocycles. The number of allylic oxidation sites excluding steroid dienone is 3. The molecule has 30 heavy (non-hydrogen) atoms. The Bertz CT molecular complexity index is 872. The van der Waals surface area contributed by atoms with Gasteiger partial charge in [-0.2, -0.15) is 11.8 Å². The second kappa shape index (κ2) is 10.2. The molecule has 1 aromatic carbocycles. The lowest BCUT2D eigenvalue weighted by molar-refractivity contribution is -0.138. The second-order valence-corrected chi connectivity index (χ2v) is 9.20. The number of Topliss-reactive ketones (excluding diaryl/α,β-unsaturated/α-hetero) is 1. The number of ether oxygens (including phenoxy) is 2. The summed E-state index contributed by atoms with van der Waals surface area (Å²) >= 11 is 1.73.